The van der Waals surface area contributed by atoms with Gasteiger partial charge in [0.15, 0.2) is 5.84 Å². The Bertz CT molecular complexity index is 1070. The van der Waals surface area contributed by atoms with Gasteiger partial charge in [-0.05, 0) is 37.5 Å². The molecule has 1 aliphatic rings. The fourth-order valence-electron chi connectivity index (χ4n) is 3.35. The van der Waals surface area contributed by atoms with Crippen molar-refractivity contribution in [3.8, 4) is 5.75 Å². The van der Waals surface area contributed by atoms with Crippen LogP contribution in [0.5, 0.6) is 5.75 Å². The number of allylic oxidation sites excluding steroid dienone is 2. The predicted octanol–water partition coefficient (Wildman–Crippen LogP) is 5.29. The highest BCUT2D eigenvalue weighted by atomic mass is 16.5. The summed E-state index contributed by atoms with van der Waals surface area (Å²) in [5, 5.41) is 3.48. The molecule has 0 unspecified atom stereocenters. The van der Waals surface area contributed by atoms with Gasteiger partial charge in [0.2, 0.25) is 5.56 Å². The van der Waals surface area contributed by atoms with Crippen molar-refractivity contribution in [3.05, 3.63) is 88.3 Å². The zero-order valence-corrected chi connectivity index (χ0v) is 18.6. The minimum absolute atomic E-state index is 0.139. The van der Waals surface area contributed by atoms with Crippen LogP contribution in [0.15, 0.2) is 76.6 Å². The van der Waals surface area contributed by atoms with Crippen LogP contribution in [0.3, 0.4) is 0 Å². The molecule has 0 radical (unpaired) electrons. The zero-order chi connectivity index (χ0) is 22.2. The first-order valence-corrected chi connectivity index (χ1v) is 10.6. The lowest BCUT2D eigenvalue weighted by molar-refractivity contribution is 0.410. The third-order valence-electron chi connectivity index (χ3n) is 4.96. The fourth-order valence-corrected chi connectivity index (χ4v) is 3.35. The Labute approximate surface area is 183 Å². The third kappa shape index (κ3) is 5.34. The Balaban J connectivity index is 2.06. The summed E-state index contributed by atoms with van der Waals surface area (Å²) < 4.78 is 5.56. The highest BCUT2D eigenvalue weighted by molar-refractivity contribution is 6.11. The van der Waals surface area contributed by atoms with Crippen LogP contribution >= 0.6 is 0 Å². The van der Waals surface area contributed by atoms with E-state index in [1.54, 1.807) is 19.4 Å². The van der Waals surface area contributed by atoms with E-state index in [0.29, 0.717) is 0 Å². The molecule has 31 heavy (non-hydrogen) atoms. The van der Waals surface area contributed by atoms with Crippen molar-refractivity contribution in [2.45, 2.75) is 40.0 Å². The van der Waals surface area contributed by atoms with Gasteiger partial charge in [0.25, 0.3) is 0 Å². The van der Waals surface area contributed by atoms with Gasteiger partial charge in [-0.1, -0.05) is 38.5 Å². The van der Waals surface area contributed by atoms with Crippen molar-refractivity contribution in [3.63, 3.8) is 0 Å². The van der Waals surface area contributed by atoms with Gasteiger partial charge in [-0.3, -0.25) is 4.79 Å². The highest BCUT2D eigenvalue weighted by Gasteiger charge is 2.20. The van der Waals surface area contributed by atoms with Crippen LogP contribution in [0.1, 0.15) is 44.7 Å². The van der Waals surface area contributed by atoms with Crippen molar-refractivity contribution in [1.29, 1.82) is 0 Å². The van der Waals surface area contributed by atoms with Crippen molar-refractivity contribution in [2.75, 3.05) is 12.4 Å². The van der Waals surface area contributed by atoms with E-state index in [4.69, 9.17) is 9.73 Å². The van der Waals surface area contributed by atoms with Crippen LogP contribution in [-0.4, -0.2) is 22.8 Å². The van der Waals surface area contributed by atoms with Gasteiger partial charge in [-0.25, -0.2) is 4.99 Å². The van der Waals surface area contributed by atoms with Crippen LogP contribution in [0.2, 0.25) is 0 Å². The van der Waals surface area contributed by atoms with Gasteiger partial charge in [-0.2, -0.15) is 0 Å². The lowest BCUT2D eigenvalue weighted by atomic mass is 10.1. The number of aryl methyl sites for hydroxylation is 1. The van der Waals surface area contributed by atoms with Gasteiger partial charge < -0.3 is 19.9 Å². The van der Waals surface area contributed by atoms with Gasteiger partial charge >= 0.3 is 0 Å². The topological polar surface area (TPSA) is 69.7 Å². The Morgan fingerprint density at radius 2 is 2.06 bits per heavy atom. The molecule has 1 aromatic carbocycles. The normalized spacial score (nSPS) is 15.2. The van der Waals surface area contributed by atoms with Crippen LogP contribution in [0, 0.1) is 0 Å². The maximum Gasteiger partial charge on any atom is 0.247 e. The number of aromatic nitrogens is 1. The molecule has 0 spiro atoms. The molecule has 162 valence electrons. The molecule has 0 saturated heterocycles. The first-order valence-electron chi connectivity index (χ1n) is 10.6. The Morgan fingerprint density at radius 3 is 2.71 bits per heavy atom. The first-order chi connectivity index (χ1) is 15.1. The van der Waals surface area contributed by atoms with Crippen molar-refractivity contribution >= 4 is 17.2 Å². The number of benzene rings is 1. The Hall–Kier alpha value is -3.54. The molecular weight excluding hydrogens is 388 g/mol. The molecule has 0 atom stereocenters. The van der Waals surface area contributed by atoms with Gasteiger partial charge in [0, 0.05) is 42.0 Å². The van der Waals surface area contributed by atoms with Crippen molar-refractivity contribution in [1.82, 2.24) is 9.88 Å². The number of unbranched alkanes of at least 4 members (excludes halogenated alkanes) is 1. The van der Waals surface area contributed by atoms with E-state index < -0.39 is 0 Å². The molecule has 3 rings (SSSR count). The maximum atomic E-state index is 11.5. The number of ether oxygens (including phenoxy) is 1. The summed E-state index contributed by atoms with van der Waals surface area (Å²) in [5.74, 6) is 1.59. The number of H-pyrrole nitrogens is 1. The molecule has 6 heteroatoms. The van der Waals surface area contributed by atoms with Crippen molar-refractivity contribution in [2.24, 2.45) is 4.99 Å². The Morgan fingerprint density at radius 1 is 1.23 bits per heavy atom. The molecule has 0 aliphatic carbocycles. The fraction of sp³-hybridized carbons (Fsp3) is 0.280. The van der Waals surface area contributed by atoms with E-state index in [9.17, 15) is 4.79 Å². The summed E-state index contributed by atoms with van der Waals surface area (Å²) in [5.41, 5.74) is 4.48. The minimum Gasteiger partial charge on any atom is -0.496 e. The Kier molecular flexibility index (Phi) is 7.49. The summed E-state index contributed by atoms with van der Waals surface area (Å²) in [6.45, 7) is 6.25. The number of methoxy groups -OCH3 is 1. The molecule has 0 saturated carbocycles. The smallest absolute Gasteiger partial charge is 0.247 e. The second-order valence-corrected chi connectivity index (χ2v) is 7.19. The number of hydrogen-bond acceptors (Lipinski definition) is 5. The van der Waals surface area contributed by atoms with E-state index in [-0.39, 0.29) is 5.56 Å². The average molecular weight is 419 g/mol. The largest absolute Gasteiger partial charge is 0.496 e. The van der Waals surface area contributed by atoms with Gasteiger partial charge in [-0.15, -0.1) is 0 Å². The second kappa shape index (κ2) is 10.5. The number of nitrogens with zero attached hydrogens (tertiary/aromatic N) is 2. The van der Waals surface area contributed by atoms with E-state index in [1.165, 1.54) is 6.07 Å². The minimum atomic E-state index is -0.139. The summed E-state index contributed by atoms with van der Waals surface area (Å²) in [6, 6.07) is 9.40. The van der Waals surface area contributed by atoms with Gasteiger partial charge in [0.1, 0.15) is 5.75 Å². The summed E-state index contributed by atoms with van der Waals surface area (Å²) >= 11 is 0. The SMILES string of the molecule is C/C=C\N1C=C(c2ccc(=O)[nH]c2)N=C(Nc2ccc(CC)c(OC)c2)/C1=C\CCC. The predicted molar refractivity (Wildman–Crippen MR) is 128 cm³/mol. The summed E-state index contributed by atoms with van der Waals surface area (Å²) in [6.07, 6.45) is 12.7. The van der Waals surface area contributed by atoms with Crippen LogP contribution < -0.4 is 15.6 Å². The van der Waals surface area contributed by atoms with Gasteiger partial charge in [0.05, 0.1) is 18.5 Å². The highest BCUT2D eigenvalue weighted by Crippen LogP contribution is 2.28. The number of anilines is 1. The molecule has 2 N–H and O–H groups in total. The van der Waals surface area contributed by atoms with Crippen LogP contribution in [0.4, 0.5) is 5.69 Å². The van der Waals surface area contributed by atoms with E-state index >= 15 is 0 Å². The molecule has 2 heterocycles. The number of pyridine rings is 1. The van der Waals surface area contributed by atoms with E-state index in [1.807, 2.05) is 37.5 Å². The molecule has 6 nitrogen and oxygen atoms in total. The number of rotatable bonds is 7. The third-order valence-corrected chi connectivity index (χ3v) is 4.96. The second-order valence-electron chi connectivity index (χ2n) is 7.19. The molecule has 1 aromatic heterocycles. The van der Waals surface area contributed by atoms with Crippen LogP contribution in [-0.2, 0) is 6.42 Å². The number of nitrogens with one attached hydrogen (secondary N) is 2. The molecule has 0 amide bonds. The average Bonchev–Trinajstić information content (AvgIpc) is 2.79. The number of aromatic amines is 1. The molecule has 2 aromatic rings. The number of aliphatic imine (C=N–C) groups is 1. The lowest BCUT2D eigenvalue weighted by Gasteiger charge is -2.27. The molecule has 0 bridgehead atoms. The van der Waals surface area contributed by atoms with Crippen LogP contribution in [0.25, 0.3) is 5.70 Å². The summed E-state index contributed by atoms with van der Waals surface area (Å²) in [7, 11) is 1.69. The monoisotopic (exact) mass is 418 g/mol. The number of amidine groups is 1. The van der Waals surface area contributed by atoms with E-state index in [0.717, 1.165) is 59.1 Å². The maximum absolute atomic E-state index is 11.5. The van der Waals surface area contributed by atoms with Crippen molar-refractivity contribution < 1.29 is 4.74 Å². The molecule has 0 fully saturated rings. The number of hydrogen-bond donors (Lipinski definition) is 2. The first kappa shape index (κ1) is 22.2. The molecule has 1 aliphatic heterocycles. The van der Waals surface area contributed by atoms with E-state index in [2.05, 4.69) is 41.2 Å². The lowest BCUT2D eigenvalue weighted by Crippen LogP contribution is -2.27. The molecular formula is C25H30N4O2. The zero-order valence-electron chi connectivity index (χ0n) is 18.6. The standard InChI is InChI=1S/C25H30N4O2/c1-5-8-9-22-25(27-20-12-10-18(7-3)23(15-20)31-4)28-21(17-29(22)14-6-2)19-11-13-24(30)26-16-19/h6,9-17H,5,7-8H2,1-4H3,(H,26,30)(H,27,28)/b14-6-,22-9+. The summed E-state index contributed by atoms with van der Waals surface area (Å²) in [4.78, 5) is 21.2. The quantitative estimate of drug-likeness (QED) is 0.641.